The highest BCUT2D eigenvalue weighted by Crippen LogP contribution is 2.36. The van der Waals surface area contributed by atoms with Crippen molar-refractivity contribution in [2.45, 2.75) is 18.4 Å². The van der Waals surface area contributed by atoms with E-state index in [1.54, 1.807) is 0 Å². The molecule has 0 saturated heterocycles. The zero-order valence-corrected chi connectivity index (χ0v) is 10.9. The second kappa shape index (κ2) is 5.96. The molecule has 1 heterocycles. The van der Waals surface area contributed by atoms with Crippen LogP contribution in [0, 0.1) is 0 Å². The van der Waals surface area contributed by atoms with E-state index in [0.717, 1.165) is 7.11 Å². The first-order chi connectivity index (χ1) is 9.49. The molecule has 0 saturated carbocycles. The third kappa shape index (κ3) is 4.38. The predicted molar refractivity (Wildman–Crippen MR) is 56.8 cm³/mol. The largest absolute Gasteiger partial charge is 0.574 e. The minimum atomic E-state index is -5.21. The van der Waals surface area contributed by atoms with Crippen LogP contribution >= 0.6 is 11.6 Å². The van der Waals surface area contributed by atoms with E-state index in [-0.39, 0.29) is 6.07 Å². The van der Waals surface area contributed by atoms with Crippen molar-refractivity contribution in [1.82, 2.24) is 4.98 Å². The zero-order valence-electron chi connectivity index (χ0n) is 10.1. The molecule has 0 amide bonds. The fraction of sp³-hybridized carbons (Fsp3) is 0.400. The number of methoxy groups -OCH3 is 1. The van der Waals surface area contributed by atoms with Crippen molar-refractivity contribution in [3.05, 3.63) is 22.9 Å². The van der Waals surface area contributed by atoms with E-state index in [1.807, 2.05) is 0 Å². The van der Waals surface area contributed by atoms with Crippen molar-refractivity contribution in [3.63, 3.8) is 0 Å². The predicted octanol–water partition coefficient (Wildman–Crippen LogP) is 3.52. The molecule has 21 heavy (non-hydrogen) atoms. The number of pyridine rings is 1. The monoisotopic (exact) mass is 337 g/mol. The topological polar surface area (TPSA) is 48.4 Å². The van der Waals surface area contributed by atoms with Gasteiger partial charge in [0, 0.05) is 5.56 Å². The van der Waals surface area contributed by atoms with E-state index in [1.165, 1.54) is 0 Å². The summed E-state index contributed by atoms with van der Waals surface area (Å²) in [5.74, 6) is -3.54. The smallest absolute Gasteiger partial charge is 0.464 e. The van der Waals surface area contributed by atoms with Crippen molar-refractivity contribution in [3.8, 4) is 5.88 Å². The minimum Gasteiger partial charge on any atom is -0.464 e. The van der Waals surface area contributed by atoms with Gasteiger partial charge in [0.2, 0.25) is 5.88 Å². The molecule has 0 aliphatic heterocycles. The number of ether oxygens (including phenoxy) is 2. The molecule has 0 aliphatic rings. The molecule has 0 spiro atoms. The molecular weight excluding hydrogens is 332 g/mol. The average molecular weight is 338 g/mol. The van der Waals surface area contributed by atoms with Crippen LogP contribution in [0.3, 0.4) is 0 Å². The summed E-state index contributed by atoms with van der Waals surface area (Å²) in [7, 11) is 0.754. The first-order valence-electron chi connectivity index (χ1n) is 5.00. The number of hydrogen-bond donors (Lipinski definition) is 0. The molecule has 118 valence electrons. The quantitative estimate of drug-likeness (QED) is 0.481. The first kappa shape index (κ1) is 17.3. The van der Waals surface area contributed by atoms with Crippen LogP contribution in [0.15, 0.2) is 6.07 Å². The van der Waals surface area contributed by atoms with Crippen molar-refractivity contribution < 1.29 is 40.6 Å². The summed E-state index contributed by atoms with van der Waals surface area (Å²) < 4.78 is 82.3. The maximum Gasteiger partial charge on any atom is 0.574 e. The number of halogens is 7. The van der Waals surface area contributed by atoms with Crippen molar-refractivity contribution in [2.75, 3.05) is 7.11 Å². The number of rotatable bonds is 3. The third-order valence-corrected chi connectivity index (χ3v) is 2.39. The van der Waals surface area contributed by atoms with E-state index in [0.29, 0.717) is 0 Å². The SMILES string of the molecule is COC(=O)c1nc(OC(F)(F)F)c(CCl)cc1C(F)(F)F. The van der Waals surface area contributed by atoms with Gasteiger partial charge in [0.25, 0.3) is 0 Å². The molecular formula is C10H6ClF6NO3. The standard InChI is InChI=1S/C10H6ClF6NO3/c1-20-8(19)6-5(9(12,13)14)2-4(3-11)7(18-6)21-10(15,16)17/h2H,3H2,1H3. The third-order valence-electron chi connectivity index (χ3n) is 2.10. The van der Waals surface area contributed by atoms with Crippen LogP contribution in [0.1, 0.15) is 21.6 Å². The first-order valence-corrected chi connectivity index (χ1v) is 5.54. The number of nitrogens with zero attached hydrogens (tertiary/aromatic N) is 1. The molecule has 0 aromatic carbocycles. The Morgan fingerprint density at radius 3 is 2.24 bits per heavy atom. The van der Waals surface area contributed by atoms with Gasteiger partial charge in [-0.05, 0) is 6.07 Å². The Morgan fingerprint density at radius 1 is 1.29 bits per heavy atom. The summed E-state index contributed by atoms with van der Waals surface area (Å²) in [4.78, 5) is 14.2. The van der Waals surface area contributed by atoms with Crippen molar-refractivity contribution in [1.29, 1.82) is 0 Å². The van der Waals surface area contributed by atoms with Crippen LogP contribution in [0.5, 0.6) is 5.88 Å². The van der Waals surface area contributed by atoms with Gasteiger partial charge in [-0.3, -0.25) is 0 Å². The highest BCUT2D eigenvalue weighted by atomic mass is 35.5. The van der Waals surface area contributed by atoms with Gasteiger partial charge < -0.3 is 9.47 Å². The summed E-state index contributed by atoms with van der Waals surface area (Å²) in [6, 6.07) is 0.257. The molecule has 0 radical (unpaired) electrons. The number of alkyl halides is 7. The van der Waals surface area contributed by atoms with Crippen LogP contribution in [-0.4, -0.2) is 24.4 Å². The number of aromatic nitrogens is 1. The van der Waals surface area contributed by atoms with Crippen LogP contribution in [0.2, 0.25) is 0 Å². The van der Waals surface area contributed by atoms with Crippen LogP contribution in [0.25, 0.3) is 0 Å². The summed E-state index contributed by atoms with van der Waals surface area (Å²) in [6.45, 7) is 0. The molecule has 1 rings (SSSR count). The van der Waals surface area contributed by atoms with Gasteiger partial charge >= 0.3 is 18.5 Å². The van der Waals surface area contributed by atoms with Crippen LogP contribution in [0.4, 0.5) is 26.3 Å². The maximum atomic E-state index is 12.8. The minimum absolute atomic E-state index is 0.257. The summed E-state index contributed by atoms with van der Waals surface area (Å²) >= 11 is 5.28. The molecule has 0 unspecified atom stereocenters. The summed E-state index contributed by atoms with van der Waals surface area (Å²) in [6.07, 6.45) is -10.2. The lowest BCUT2D eigenvalue weighted by Crippen LogP contribution is -2.22. The highest BCUT2D eigenvalue weighted by molar-refractivity contribution is 6.17. The molecule has 11 heteroatoms. The summed E-state index contributed by atoms with van der Waals surface area (Å²) in [5, 5.41) is 0. The van der Waals surface area contributed by atoms with Crippen LogP contribution < -0.4 is 4.74 Å². The lowest BCUT2D eigenvalue weighted by atomic mass is 10.1. The molecule has 4 nitrogen and oxygen atoms in total. The molecule has 0 bridgehead atoms. The molecule has 0 atom stereocenters. The Bertz CT molecular complexity index is 543. The molecule has 0 N–H and O–H groups in total. The number of esters is 1. The molecule has 1 aromatic rings. The average Bonchev–Trinajstić information content (AvgIpc) is 2.34. The highest BCUT2D eigenvalue weighted by Gasteiger charge is 2.40. The second-order valence-corrected chi connectivity index (χ2v) is 3.79. The van der Waals surface area contributed by atoms with Gasteiger partial charge in [0.1, 0.15) is 0 Å². The van der Waals surface area contributed by atoms with E-state index in [4.69, 9.17) is 11.6 Å². The Kier molecular flexibility index (Phi) is 4.92. The Morgan fingerprint density at radius 2 is 1.86 bits per heavy atom. The fourth-order valence-corrected chi connectivity index (χ4v) is 1.49. The van der Waals surface area contributed by atoms with Gasteiger partial charge in [-0.15, -0.1) is 24.8 Å². The Hall–Kier alpha value is -1.71. The van der Waals surface area contributed by atoms with E-state index < -0.39 is 47.1 Å². The van der Waals surface area contributed by atoms with E-state index in [9.17, 15) is 31.1 Å². The van der Waals surface area contributed by atoms with Gasteiger partial charge in [-0.2, -0.15) is 13.2 Å². The van der Waals surface area contributed by atoms with Gasteiger partial charge in [0.05, 0.1) is 18.6 Å². The molecule has 0 aliphatic carbocycles. The Labute approximate surface area is 118 Å². The lowest BCUT2D eigenvalue weighted by molar-refractivity contribution is -0.276. The summed E-state index contributed by atoms with van der Waals surface area (Å²) in [5.41, 5.74) is -3.59. The van der Waals surface area contributed by atoms with Crippen molar-refractivity contribution in [2.24, 2.45) is 0 Å². The number of carbonyl (C=O) groups is 1. The van der Waals surface area contributed by atoms with Gasteiger partial charge in [0.15, 0.2) is 5.69 Å². The van der Waals surface area contributed by atoms with E-state index in [2.05, 4.69) is 14.5 Å². The zero-order chi connectivity index (χ0) is 16.4. The molecule has 0 fully saturated rings. The fourth-order valence-electron chi connectivity index (χ4n) is 1.30. The Balaban J connectivity index is 3.52. The lowest BCUT2D eigenvalue weighted by Gasteiger charge is -2.16. The van der Waals surface area contributed by atoms with E-state index >= 15 is 0 Å². The van der Waals surface area contributed by atoms with Crippen molar-refractivity contribution >= 4 is 17.6 Å². The molecule has 1 aromatic heterocycles. The number of hydrogen-bond acceptors (Lipinski definition) is 4. The van der Waals surface area contributed by atoms with Gasteiger partial charge in [-0.25, -0.2) is 9.78 Å². The maximum absolute atomic E-state index is 12.8. The van der Waals surface area contributed by atoms with Crippen LogP contribution in [-0.2, 0) is 16.8 Å². The number of carbonyl (C=O) groups excluding carboxylic acids is 1. The normalized spacial score (nSPS) is 12.2. The second-order valence-electron chi connectivity index (χ2n) is 3.52. The van der Waals surface area contributed by atoms with Gasteiger partial charge in [-0.1, -0.05) is 0 Å².